The van der Waals surface area contributed by atoms with Crippen LogP contribution in [0.1, 0.15) is 31.9 Å². The van der Waals surface area contributed by atoms with Gasteiger partial charge >= 0.3 is 11.9 Å². The van der Waals surface area contributed by atoms with Crippen molar-refractivity contribution in [2.45, 2.75) is 31.3 Å². The van der Waals surface area contributed by atoms with Crippen LogP contribution in [-0.2, 0) is 24.2 Å². The number of halogens is 1. The zero-order valence-corrected chi connectivity index (χ0v) is 17.2. The van der Waals surface area contributed by atoms with E-state index in [4.69, 9.17) is 4.74 Å². The molecule has 0 spiro atoms. The second-order valence-electron chi connectivity index (χ2n) is 6.97. The van der Waals surface area contributed by atoms with Gasteiger partial charge in [-0.1, -0.05) is 24.3 Å². The third kappa shape index (κ3) is 5.29. The topological polar surface area (TPSA) is 97.7 Å². The van der Waals surface area contributed by atoms with Crippen molar-refractivity contribution < 1.29 is 32.2 Å². The highest BCUT2D eigenvalue weighted by Gasteiger charge is 2.34. The first kappa shape index (κ1) is 22.3. The molecule has 1 N–H and O–H groups in total. The number of carbonyl (C=O) groups excluding carboxylic acids is 1. The summed E-state index contributed by atoms with van der Waals surface area (Å²) in [4.78, 5) is 23.8. The molecule has 0 unspecified atom stereocenters. The third-order valence-electron chi connectivity index (χ3n) is 4.15. The number of carbonyl (C=O) groups is 2. The first-order valence-electron chi connectivity index (χ1n) is 8.57. The van der Waals surface area contributed by atoms with Crippen LogP contribution in [0.5, 0.6) is 0 Å². The van der Waals surface area contributed by atoms with Gasteiger partial charge in [0.2, 0.25) is 0 Å². The molecule has 2 aromatic carbocycles. The Kier molecular flexibility index (Phi) is 6.27. The molecule has 0 fully saturated rings. The van der Waals surface area contributed by atoms with Gasteiger partial charge < -0.3 is 9.84 Å². The second kappa shape index (κ2) is 8.16. The molecule has 0 atom stereocenters. The third-order valence-corrected chi connectivity index (χ3v) is 5.28. The summed E-state index contributed by atoms with van der Waals surface area (Å²) in [6.07, 6.45) is 1.05. The van der Waals surface area contributed by atoms with E-state index in [-0.39, 0.29) is 21.6 Å². The lowest BCUT2D eigenvalue weighted by atomic mass is 9.84. The molecule has 8 heteroatoms. The average Bonchev–Trinajstić information content (AvgIpc) is 2.57. The quantitative estimate of drug-likeness (QED) is 0.436. The summed E-state index contributed by atoms with van der Waals surface area (Å²) in [6, 6.07) is 10.6. The van der Waals surface area contributed by atoms with Crippen molar-refractivity contribution in [1.82, 2.24) is 0 Å². The SMILES string of the molecule is CC(=O)OC(C)(C)/C(=C(\C(=O)O)c1cccc(F)c1)c1ccc(S(C)(=O)=O)cc1. The van der Waals surface area contributed by atoms with E-state index >= 15 is 0 Å². The van der Waals surface area contributed by atoms with E-state index in [0.717, 1.165) is 12.3 Å². The van der Waals surface area contributed by atoms with Gasteiger partial charge in [0.15, 0.2) is 9.84 Å². The Bertz CT molecular complexity index is 1080. The van der Waals surface area contributed by atoms with Crippen molar-refractivity contribution in [1.29, 1.82) is 0 Å². The van der Waals surface area contributed by atoms with Crippen LogP contribution in [0.2, 0.25) is 0 Å². The van der Waals surface area contributed by atoms with Gasteiger partial charge in [0.05, 0.1) is 10.5 Å². The summed E-state index contributed by atoms with van der Waals surface area (Å²) in [7, 11) is -3.46. The first-order chi connectivity index (χ1) is 13.3. The van der Waals surface area contributed by atoms with Gasteiger partial charge in [0.25, 0.3) is 0 Å². The fourth-order valence-electron chi connectivity index (χ4n) is 3.09. The zero-order chi connectivity index (χ0) is 22.0. The minimum Gasteiger partial charge on any atom is -0.478 e. The summed E-state index contributed by atoms with van der Waals surface area (Å²) in [5, 5.41) is 9.91. The van der Waals surface area contributed by atoms with Crippen LogP contribution in [0.25, 0.3) is 11.1 Å². The number of benzene rings is 2. The number of hydrogen-bond acceptors (Lipinski definition) is 5. The summed E-state index contributed by atoms with van der Waals surface area (Å²) < 4.78 is 42.6. The largest absolute Gasteiger partial charge is 0.478 e. The van der Waals surface area contributed by atoms with E-state index in [1.807, 2.05) is 0 Å². The van der Waals surface area contributed by atoms with Gasteiger partial charge in [-0.3, -0.25) is 4.79 Å². The molecule has 0 saturated carbocycles. The second-order valence-corrected chi connectivity index (χ2v) is 8.98. The number of aliphatic carboxylic acids is 1. The van der Waals surface area contributed by atoms with Gasteiger partial charge in [-0.2, -0.15) is 0 Å². The van der Waals surface area contributed by atoms with E-state index in [9.17, 15) is 27.5 Å². The molecule has 0 amide bonds. The van der Waals surface area contributed by atoms with Crippen LogP contribution in [0.15, 0.2) is 53.4 Å². The van der Waals surface area contributed by atoms with Crippen molar-refractivity contribution in [2.75, 3.05) is 6.26 Å². The zero-order valence-electron chi connectivity index (χ0n) is 16.4. The molecule has 0 heterocycles. The number of hydrogen-bond donors (Lipinski definition) is 1. The monoisotopic (exact) mass is 420 g/mol. The Hall–Kier alpha value is -3.00. The maximum Gasteiger partial charge on any atom is 0.336 e. The highest BCUT2D eigenvalue weighted by molar-refractivity contribution is 7.90. The molecule has 0 aliphatic heterocycles. The van der Waals surface area contributed by atoms with Gasteiger partial charge in [-0.25, -0.2) is 17.6 Å². The minimum absolute atomic E-state index is 0.0496. The molecular weight excluding hydrogens is 399 g/mol. The lowest BCUT2D eigenvalue weighted by Gasteiger charge is -2.30. The normalized spacial score (nSPS) is 12.9. The van der Waals surface area contributed by atoms with E-state index in [1.54, 1.807) is 0 Å². The standard InChI is InChI=1S/C21H21FO6S/c1-13(23)28-21(2,3)19(14-8-10-17(11-9-14)29(4,26)27)18(20(24)25)15-6-5-7-16(22)12-15/h5-12H,1-4H3,(H,24,25)/b19-18-. The first-order valence-corrected chi connectivity index (χ1v) is 10.5. The maximum atomic E-state index is 13.8. The van der Waals surface area contributed by atoms with Crippen LogP contribution >= 0.6 is 0 Å². The number of sulfone groups is 1. The summed E-state index contributed by atoms with van der Waals surface area (Å²) in [5.41, 5.74) is -1.16. The molecule has 2 rings (SSSR count). The lowest BCUT2D eigenvalue weighted by Crippen LogP contribution is -2.30. The number of carboxylic acid groups (broad SMARTS) is 1. The van der Waals surface area contributed by atoms with Gasteiger partial charge in [0, 0.05) is 18.8 Å². The molecule has 0 aliphatic carbocycles. The molecule has 0 aromatic heterocycles. The molecule has 6 nitrogen and oxygen atoms in total. The number of rotatable bonds is 6. The molecule has 2 aromatic rings. The smallest absolute Gasteiger partial charge is 0.336 e. The van der Waals surface area contributed by atoms with Crippen LogP contribution in [-0.4, -0.2) is 37.3 Å². The van der Waals surface area contributed by atoms with Crippen LogP contribution in [0.3, 0.4) is 0 Å². The van der Waals surface area contributed by atoms with Gasteiger partial charge in [0.1, 0.15) is 11.4 Å². The molecule has 0 saturated heterocycles. The summed E-state index contributed by atoms with van der Waals surface area (Å²) in [5.74, 6) is -2.61. The van der Waals surface area contributed by atoms with Gasteiger partial charge in [-0.05, 0) is 49.2 Å². The maximum absolute atomic E-state index is 13.8. The number of carboxylic acids is 1. The Morgan fingerprint density at radius 2 is 1.62 bits per heavy atom. The van der Waals surface area contributed by atoms with Gasteiger partial charge in [-0.15, -0.1) is 0 Å². The predicted molar refractivity (Wildman–Crippen MR) is 106 cm³/mol. The highest BCUT2D eigenvalue weighted by atomic mass is 32.2. The summed E-state index contributed by atoms with van der Waals surface area (Å²) in [6.45, 7) is 4.21. The van der Waals surface area contributed by atoms with Crippen LogP contribution < -0.4 is 0 Å². The minimum atomic E-state index is -3.46. The van der Waals surface area contributed by atoms with E-state index < -0.39 is 33.2 Å². The van der Waals surface area contributed by atoms with Crippen molar-refractivity contribution in [3.8, 4) is 0 Å². The molecule has 0 bridgehead atoms. The highest BCUT2D eigenvalue weighted by Crippen LogP contribution is 2.38. The van der Waals surface area contributed by atoms with E-state index in [0.29, 0.717) is 5.56 Å². The Morgan fingerprint density at radius 3 is 2.07 bits per heavy atom. The molecule has 154 valence electrons. The van der Waals surface area contributed by atoms with Crippen molar-refractivity contribution >= 4 is 32.9 Å². The number of esters is 1. The van der Waals surface area contributed by atoms with Crippen molar-refractivity contribution in [3.63, 3.8) is 0 Å². The Morgan fingerprint density at radius 1 is 1.03 bits per heavy atom. The lowest BCUT2D eigenvalue weighted by molar-refractivity contribution is -0.149. The fourth-order valence-corrected chi connectivity index (χ4v) is 3.72. The molecule has 0 aliphatic rings. The fraction of sp³-hybridized carbons (Fsp3) is 0.238. The predicted octanol–water partition coefficient (Wildman–Crippen LogP) is 3.57. The number of ether oxygens (including phenoxy) is 1. The van der Waals surface area contributed by atoms with Crippen LogP contribution in [0, 0.1) is 5.82 Å². The van der Waals surface area contributed by atoms with Crippen LogP contribution in [0.4, 0.5) is 4.39 Å². The Balaban J connectivity index is 2.87. The van der Waals surface area contributed by atoms with Crippen molar-refractivity contribution in [3.05, 3.63) is 65.5 Å². The average molecular weight is 420 g/mol. The summed E-state index contributed by atoms with van der Waals surface area (Å²) >= 11 is 0. The van der Waals surface area contributed by atoms with Crippen molar-refractivity contribution in [2.24, 2.45) is 0 Å². The molecular formula is C21H21FO6S. The molecule has 0 radical (unpaired) electrons. The Labute approximate surface area is 168 Å². The molecule has 29 heavy (non-hydrogen) atoms. The van der Waals surface area contributed by atoms with E-state index in [2.05, 4.69) is 0 Å². The van der Waals surface area contributed by atoms with E-state index in [1.165, 1.54) is 63.2 Å².